The van der Waals surface area contributed by atoms with Crippen molar-refractivity contribution in [3.05, 3.63) is 60.8 Å². The quantitative estimate of drug-likeness (QED) is 0.0205. The zero-order valence-electron chi connectivity index (χ0n) is 55.7. The molecular formula is C73H138N2O7P+. The van der Waals surface area contributed by atoms with Crippen LogP contribution in [-0.4, -0.2) is 74.3 Å². The van der Waals surface area contributed by atoms with Gasteiger partial charge in [0, 0.05) is 12.8 Å². The fourth-order valence-electron chi connectivity index (χ4n) is 10.5. The Morgan fingerprint density at radius 2 is 0.735 bits per heavy atom. The lowest BCUT2D eigenvalue weighted by molar-refractivity contribution is -0.870. The molecule has 0 aliphatic rings. The van der Waals surface area contributed by atoms with Crippen LogP contribution >= 0.6 is 7.82 Å². The Morgan fingerprint density at radius 3 is 1.13 bits per heavy atom. The first-order valence-corrected chi connectivity index (χ1v) is 37.1. The molecule has 0 aliphatic heterocycles. The number of allylic oxidation sites excluding steroid dienone is 9. The fourth-order valence-corrected chi connectivity index (χ4v) is 11.2. The van der Waals surface area contributed by atoms with E-state index in [2.05, 4.69) is 74.7 Å². The molecule has 0 aromatic carbocycles. The average Bonchev–Trinajstić information content (AvgIpc) is 3.46. The third kappa shape index (κ3) is 64.0. The highest BCUT2D eigenvalue weighted by atomic mass is 31.2. The van der Waals surface area contributed by atoms with E-state index in [1.165, 1.54) is 225 Å². The molecule has 0 fully saturated rings. The van der Waals surface area contributed by atoms with E-state index in [4.69, 9.17) is 13.8 Å². The molecule has 0 aromatic heterocycles. The number of phosphoric acid groups is 1. The van der Waals surface area contributed by atoms with Gasteiger partial charge < -0.3 is 19.4 Å². The molecule has 0 rings (SSSR count). The summed E-state index contributed by atoms with van der Waals surface area (Å²) in [5.41, 5.74) is 0. The highest BCUT2D eigenvalue weighted by Crippen LogP contribution is 2.43. The van der Waals surface area contributed by atoms with Gasteiger partial charge in [-0.2, -0.15) is 0 Å². The molecular weight excluding hydrogens is 1050 g/mol. The number of likely N-dealkylation sites (N-methyl/N-ethyl adjacent to an activating group) is 1. The maximum Gasteiger partial charge on any atom is 0.472 e. The van der Waals surface area contributed by atoms with Crippen molar-refractivity contribution in [2.24, 2.45) is 0 Å². The summed E-state index contributed by atoms with van der Waals surface area (Å²) in [6.45, 7) is 7.01. The van der Waals surface area contributed by atoms with Gasteiger partial charge >= 0.3 is 13.8 Å². The zero-order chi connectivity index (χ0) is 60.7. The normalized spacial score (nSPS) is 13.9. The molecule has 9 nitrogen and oxygen atoms in total. The summed E-state index contributed by atoms with van der Waals surface area (Å²) in [5, 5.41) is 3.07. The molecule has 486 valence electrons. The summed E-state index contributed by atoms with van der Waals surface area (Å²) in [7, 11) is 1.49. The van der Waals surface area contributed by atoms with Crippen molar-refractivity contribution in [1.82, 2.24) is 5.32 Å². The van der Waals surface area contributed by atoms with E-state index in [1.54, 1.807) is 0 Å². The first-order chi connectivity index (χ1) is 40.4. The predicted octanol–water partition coefficient (Wildman–Crippen LogP) is 22.6. The van der Waals surface area contributed by atoms with Crippen LogP contribution in [0.3, 0.4) is 0 Å². The highest BCUT2D eigenvalue weighted by molar-refractivity contribution is 7.47. The molecule has 0 aliphatic carbocycles. The maximum absolute atomic E-state index is 13.6. The summed E-state index contributed by atoms with van der Waals surface area (Å²) in [6, 6.07) is -0.862. The van der Waals surface area contributed by atoms with Gasteiger partial charge in [-0.3, -0.25) is 18.6 Å². The van der Waals surface area contributed by atoms with E-state index in [1.807, 2.05) is 33.3 Å². The number of unbranched alkanes of at least 4 members (excludes halogenated alkanes) is 41. The van der Waals surface area contributed by atoms with Crippen molar-refractivity contribution in [3.8, 4) is 0 Å². The van der Waals surface area contributed by atoms with Gasteiger partial charge in [0.25, 0.3) is 0 Å². The molecule has 0 aromatic rings. The lowest BCUT2D eigenvalue weighted by atomic mass is 10.0. The van der Waals surface area contributed by atoms with E-state index < -0.39 is 20.0 Å². The van der Waals surface area contributed by atoms with Gasteiger partial charge in [0.2, 0.25) is 5.91 Å². The second-order valence-electron chi connectivity index (χ2n) is 25.4. The van der Waals surface area contributed by atoms with E-state index >= 15 is 0 Å². The molecule has 0 spiro atoms. The number of hydrogen-bond donors (Lipinski definition) is 2. The van der Waals surface area contributed by atoms with Gasteiger partial charge in [-0.25, -0.2) is 4.57 Å². The van der Waals surface area contributed by atoms with E-state index in [0.717, 1.165) is 77.0 Å². The Hall–Kier alpha value is -2.29. The molecule has 3 unspecified atom stereocenters. The number of phosphoric ester groups is 1. The molecule has 83 heavy (non-hydrogen) atoms. The van der Waals surface area contributed by atoms with Gasteiger partial charge in [0.1, 0.15) is 19.3 Å². The minimum absolute atomic E-state index is 0.0353. The largest absolute Gasteiger partial charge is 0.472 e. The van der Waals surface area contributed by atoms with Crippen LogP contribution in [0.25, 0.3) is 0 Å². The minimum Gasteiger partial charge on any atom is -0.456 e. The molecule has 0 bridgehead atoms. The molecule has 2 N–H and O–H groups in total. The number of hydrogen-bond acceptors (Lipinski definition) is 6. The second kappa shape index (κ2) is 62.8. The molecule has 0 saturated carbocycles. The number of quaternary nitrogens is 1. The van der Waals surface area contributed by atoms with Crippen LogP contribution in [0.5, 0.6) is 0 Å². The lowest BCUT2D eigenvalue weighted by Gasteiger charge is -2.27. The van der Waals surface area contributed by atoms with Gasteiger partial charge in [0.05, 0.1) is 33.8 Å². The number of carbonyl (C=O) groups is 2. The van der Waals surface area contributed by atoms with Crippen molar-refractivity contribution in [3.63, 3.8) is 0 Å². The minimum atomic E-state index is -4.46. The summed E-state index contributed by atoms with van der Waals surface area (Å²) < 4.78 is 30.8. The summed E-state index contributed by atoms with van der Waals surface area (Å²) in [4.78, 5) is 37.9. The number of carbonyl (C=O) groups excluding carboxylic acids is 2. The van der Waals surface area contributed by atoms with Crippen molar-refractivity contribution >= 4 is 19.7 Å². The number of nitrogens with zero attached hydrogens (tertiary/aromatic N) is 1. The Balaban J connectivity index is 5.12. The van der Waals surface area contributed by atoms with Crippen LogP contribution in [-0.2, 0) is 27.9 Å². The number of nitrogens with one attached hydrogen (secondary N) is 1. The second-order valence-corrected chi connectivity index (χ2v) is 26.9. The Kier molecular flexibility index (Phi) is 61.0. The number of rotatable bonds is 65. The van der Waals surface area contributed by atoms with Gasteiger partial charge in [-0.05, 0) is 76.7 Å². The number of ether oxygens (including phenoxy) is 1. The molecule has 0 radical (unpaired) electrons. The molecule has 10 heteroatoms. The van der Waals surface area contributed by atoms with E-state index in [0.29, 0.717) is 23.9 Å². The first-order valence-electron chi connectivity index (χ1n) is 35.6. The Labute approximate surface area is 515 Å². The number of esters is 1. The van der Waals surface area contributed by atoms with Crippen LogP contribution in [0.15, 0.2) is 60.8 Å². The van der Waals surface area contributed by atoms with Gasteiger partial charge in [-0.15, -0.1) is 0 Å². The number of amides is 1. The van der Waals surface area contributed by atoms with Crippen molar-refractivity contribution in [2.75, 3.05) is 40.9 Å². The van der Waals surface area contributed by atoms with Crippen molar-refractivity contribution in [2.45, 2.75) is 354 Å². The summed E-state index contributed by atoms with van der Waals surface area (Å²) >= 11 is 0. The molecule has 0 heterocycles. The van der Waals surface area contributed by atoms with Crippen molar-refractivity contribution < 1.29 is 37.3 Å². The average molecular weight is 1190 g/mol. The third-order valence-corrected chi connectivity index (χ3v) is 16.9. The van der Waals surface area contributed by atoms with Crippen LogP contribution in [0.4, 0.5) is 0 Å². The summed E-state index contributed by atoms with van der Waals surface area (Å²) in [5.74, 6) is -0.527. The Morgan fingerprint density at radius 1 is 0.422 bits per heavy atom. The van der Waals surface area contributed by atoms with Crippen LogP contribution in [0.2, 0.25) is 0 Å². The fraction of sp³-hybridized carbons (Fsp3) is 0.836. The van der Waals surface area contributed by atoms with Crippen LogP contribution < -0.4 is 5.32 Å². The topological polar surface area (TPSA) is 111 Å². The lowest BCUT2D eigenvalue weighted by Crippen LogP contribution is -2.47. The van der Waals surface area contributed by atoms with Crippen LogP contribution in [0.1, 0.15) is 342 Å². The third-order valence-electron chi connectivity index (χ3n) is 16.0. The molecule has 1 amide bonds. The smallest absolute Gasteiger partial charge is 0.456 e. The first kappa shape index (κ1) is 80.7. The SMILES string of the molecule is CCCCC/C=C\C/C=C\C/C=C\C/C=C\CCCCCC(=O)OC(/C=C/CCCCCCCCCCCCC)C(COP(=O)(O)OCC[N+](C)(C)C)NC(=O)CCCCCCCCCCCCCCCCCCCCCCCCCCC. The van der Waals surface area contributed by atoms with Gasteiger partial charge in [0.15, 0.2) is 0 Å². The standard InChI is InChI=1S/C73H137N2O7P/c1-7-10-13-16-19-22-25-28-30-32-34-35-36-37-38-39-41-42-44-47-50-53-56-59-62-65-72(76)74-70(69-81-83(78,79)80-68-67-75(4,5)6)71(64-61-58-55-52-49-46-27-24-21-18-15-12-9-3)82-73(77)66-63-60-57-54-51-48-45-43-40-33-31-29-26-23-20-17-14-11-8-2/h20,23,29,31,40,43,48,51,61,64,70-71H,7-19,21-22,24-28,30,32-39,41-42,44-47,49-50,52-60,62-63,65-69H2,1-6H3,(H-,74,76,78,79)/p+1/b23-20-,31-29-,43-40-,51-48-,64-61+. The Bertz CT molecular complexity index is 1600. The van der Waals surface area contributed by atoms with Crippen molar-refractivity contribution in [1.29, 1.82) is 0 Å². The van der Waals surface area contributed by atoms with Crippen LogP contribution in [0, 0.1) is 0 Å². The summed E-state index contributed by atoms with van der Waals surface area (Å²) in [6.07, 6.45) is 80.9. The van der Waals surface area contributed by atoms with Gasteiger partial charge in [-0.1, -0.05) is 313 Å². The zero-order valence-corrected chi connectivity index (χ0v) is 56.6. The predicted molar refractivity (Wildman–Crippen MR) is 360 cm³/mol. The maximum atomic E-state index is 13.6. The molecule has 0 saturated heterocycles. The monoisotopic (exact) mass is 1190 g/mol. The highest BCUT2D eigenvalue weighted by Gasteiger charge is 2.30. The molecule has 3 atom stereocenters. The van der Waals surface area contributed by atoms with E-state index in [-0.39, 0.29) is 31.5 Å². The van der Waals surface area contributed by atoms with E-state index in [9.17, 15) is 19.0 Å².